The van der Waals surface area contributed by atoms with Crippen LogP contribution < -0.4 is 5.32 Å². The van der Waals surface area contributed by atoms with Gasteiger partial charge in [-0.2, -0.15) is 0 Å². The van der Waals surface area contributed by atoms with Crippen LogP contribution in [0, 0.1) is 10.1 Å². The summed E-state index contributed by atoms with van der Waals surface area (Å²) < 4.78 is 1.14. The van der Waals surface area contributed by atoms with Gasteiger partial charge in [-0.25, -0.2) is 0 Å². The minimum absolute atomic E-state index is 0.0691. The maximum atomic E-state index is 12.2. The highest BCUT2D eigenvalue weighted by Gasteiger charge is 2.14. The number of nitro groups is 1. The molecule has 0 radical (unpaired) electrons. The summed E-state index contributed by atoms with van der Waals surface area (Å²) in [7, 11) is 0. The third-order valence-corrected chi connectivity index (χ3v) is 4.06. The Bertz CT molecular complexity index is 737. The predicted molar refractivity (Wildman–Crippen MR) is 87.9 cm³/mol. The van der Waals surface area contributed by atoms with Crippen molar-refractivity contribution >= 4 is 60.7 Å². The molecule has 0 saturated carbocycles. The van der Waals surface area contributed by atoms with Crippen molar-refractivity contribution in [2.45, 2.75) is 0 Å². The van der Waals surface area contributed by atoms with Crippen molar-refractivity contribution in [1.29, 1.82) is 0 Å². The molecule has 2 rings (SSSR count). The zero-order valence-corrected chi connectivity index (χ0v) is 14.2. The first kappa shape index (κ1) is 15.9. The van der Waals surface area contributed by atoms with Gasteiger partial charge < -0.3 is 5.32 Å². The number of benzene rings is 2. The van der Waals surface area contributed by atoms with Gasteiger partial charge in [0.1, 0.15) is 0 Å². The third kappa shape index (κ3) is 3.81. The molecular formula is C13H7Br2ClN2O3. The molecule has 0 aromatic heterocycles. The van der Waals surface area contributed by atoms with Gasteiger partial charge in [0, 0.05) is 21.1 Å². The van der Waals surface area contributed by atoms with Gasteiger partial charge in [-0.3, -0.25) is 14.9 Å². The smallest absolute Gasteiger partial charge is 0.270 e. The number of nitro benzene ring substituents is 1. The van der Waals surface area contributed by atoms with Gasteiger partial charge in [0.25, 0.3) is 11.6 Å². The van der Waals surface area contributed by atoms with E-state index in [1.807, 2.05) is 0 Å². The third-order valence-electron chi connectivity index (χ3n) is 2.58. The summed E-state index contributed by atoms with van der Waals surface area (Å²) >= 11 is 12.4. The number of halogens is 3. The molecule has 0 unspecified atom stereocenters. The number of hydrogen-bond acceptors (Lipinski definition) is 3. The van der Waals surface area contributed by atoms with Crippen LogP contribution in [0.3, 0.4) is 0 Å². The second-order valence-corrected chi connectivity index (χ2v) is 6.18. The Labute approximate surface area is 141 Å². The maximum Gasteiger partial charge on any atom is 0.270 e. The van der Waals surface area contributed by atoms with Crippen molar-refractivity contribution < 1.29 is 9.72 Å². The van der Waals surface area contributed by atoms with E-state index in [4.69, 9.17) is 11.6 Å². The standard InChI is InChI=1S/C13H7Br2ClN2O3/c14-7-1-3-11(16)9(5-7)13(19)17-12-4-2-8(18(20)21)6-10(12)15/h1-6H,(H,17,19). The van der Waals surface area contributed by atoms with Gasteiger partial charge in [-0.05, 0) is 40.2 Å². The van der Waals surface area contributed by atoms with Gasteiger partial charge in [-0.15, -0.1) is 0 Å². The van der Waals surface area contributed by atoms with Crippen LogP contribution in [0.5, 0.6) is 0 Å². The van der Waals surface area contributed by atoms with Gasteiger partial charge in [-0.1, -0.05) is 27.5 Å². The Morgan fingerprint density at radius 2 is 1.90 bits per heavy atom. The van der Waals surface area contributed by atoms with E-state index in [1.54, 1.807) is 18.2 Å². The zero-order valence-electron chi connectivity index (χ0n) is 10.3. The number of non-ortho nitro benzene ring substituents is 1. The Balaban J connectivity index is 2.27. The fourth-order valence-electron chi connectivity index (χ4n) is 1.58. The number of carbonyl (C=O) groups excluding carboxylic acids is 1. The lowest BCUT2D eigenvalue weighted by atomic mass is 10.2. The molecular weight excluding hydrogens is 427 g/mol. The molecule has 0 atom stereocenters. The summed E-state index contributed by atoms with van der Waals surface area (Å²) in [6, 6.07) is 9.00. The molecule has 2 aromatic rings. The van der Waals surface area contributed by atoms with E-state index in [0.717, 1.165) is 4.47 Å². The summed E-state index contributed by atoms with van der Waals surface area (Å²) in [5.41, 5.74) is 0.651. The minimum Gasteiger partial charge on any atom is -0.321 e. The molecule has 5 nitrogen and oxygen atoms in total. The van der Waals surface area contributed by atoms with E-state index in [9.17, 15) is 14.9 Å². The van der Waals surface area contributed by atoms with Crippen molar-refractivity contribution in [3.63, 3.8) is 0 Å². The molecule has 1 amide bonds. The molecule has 21 heavy (non-hydrogen) atoms. The normalized spacial score (nSPS) is 10.2. The maximum absolute atomic E-state index is 12.2. The molecule has 0 fully saturated rings. The van der Waals surface area contributed by atoms with Crippen LogP contribution in [-0.4, -0.2) is 10.8 Å². The highest BCUT2D eigenvalue weighted by molar-refractivity contribution is 9.10. The van der Waals surface area contributed by atoms with Crippen molar-refractivity contribution in [2.24, 2.45) is 0 Å². The number of anilines is 1. The molecule has 0 bridgehead atoms. The molecule has 0 spiro atoms. The van der Waals surface area contributed by atoms with Crippen molar-refractivity contribution in [3.05, 3.63) is 66.0 Å². The van der Waals surface area contributed by atoms with Crippen molar-refractivity contribution in [3.8, 4) is 0 Å². The van der Waals surface area contributed by atoms with Gasteiger partial charge in [0.15, 0.2) is 0 Å². The zero-order chi connectivity index (χ0) is 15.6. The Kier molecular flexibility index (Phi) is 4.97. The van der Waals surface area contributed by atoms with Gasteiger partial charge in [0.05, 0.1) is 21.2 Å². The summed E-state index contributed by atoms with van der Waals surface area (Å²) in [4.78, 5) is 22.3. The van der Waals surface area contributed by atoms with Gasteiger partial charge in [0.2, 0.25) is 0 Å². The average Bonchev–Trinajstić information content (AvgIpc) is 2.43. The largest absolute Gasteiger partial charge is 0.321 e. The number of rotatable bonds is 3. The van der Waals surface area contributed by atoms with Crippen molar-refractivity contribution in [2.75, 3.05) is 5.32 Å². The number of hydrogen-bond donors (Lipinski definition) is 1. The van der Waals surface area contributed by atoms with Crippen LogP contribution in [0.2, 0.25) is 5.02 Å². The summed E-state index contributed by atoms with van der Waals surface area (Å²) in [6.45, 7) is 0. The van der Waals surface area contributed by atoms with Crippen LogP contribution in [0.4, 0.5) is 11.4 Å². The average molecular weight is 434 g/mol. The first-order valence-electron chi connectivity index (χ1n) is 5.59. The number of carbonyl (C=O) groups is 1. The van der Waals surface area contributed by atoms with Gasteiger partial charge >= 0.3 is 0 Å². The van der Waals surface area contributed by atoms with E-state index in [0.29, 0.717) is 20.7 Å². The molecule has 1 N–H and O–H groups in total. The van der Waals surface area contributed by atoms with Crippen LogP contribution >= 0.6 is 43.5 Å². The number of nitrogens with zero attached hydrogens (tertiary/aromatic N) is 1. The molecule has 108 valence electrons. The lowest BCUT2D eigenvalue weighted by Gasteiger charge is -2.09. The lowest BCUT2D eigenvalue weighted by molar-refractivity contribution is -0.384. The summed E-state index contributed by atoms with van der Waals surface area (Å²) in [5, 5.41) is 13.6. The highest BCUT2D eigenvalue weighted by atomic mass is 79.9. The second kappa shape index (κ2) is 6.55. The Morgan fingerprint density at radius 1 is 1.19 bits per heavy atom. The quantitative estimate of drug-likeness (QED) is 0.544. The fourth-order valence-corrected chi connectivity index (χ4v) is 2.61. The number of nitrogens with one attached hydrogen (secondary N) is 1. The first-order valence-corrected chi connectivity index (χ1v) is 7.55. The van der Waals surface area contributed by atoms with E-state index < -0.39 is 10.8 Å². The van der Waals surface area contributed by atoms with E-state index in [2.05, 4.69) is 37.2 Å². The molecule has 8 heteroatoms. The highest BCUT2D eigenvalue weighted by Crippen LogP contribution is 2.28. The molecule has 0 saturated heterocycles. The Morgan fingerprint density at radius 3 is 2.52 bits per heavy atom. The number of amides is 1. The van der Waals surface area contributed by atoms with Crippen LogP contribution in [0.25, 0.3) is 0 Å². The second-order valence-electron chi connectivity index (χ2n) is 4.00. The minimum atomic E-state index is -0.512. The summed E-state index contributed by atoms with van der Waals surface area (Å²) in [5.74, 6) is -0.407. The summed E-state index contributed by atoms with van der Waals surface area (Å²) in [6.07, 6.45) is 0. The van der Waals surface area contributed by atoms with E-state index in [-0.39, 0.29) is 5.69 Å². The van der Waals surface area contributed by atoms with Crippen molar-refractivity contribution in [1.82, 2.24) is 0 Å². The van der Waals surface area contributed by atoms with Crippen LogP contribution in [-0.2, 0) is 0 Å². The topological polar surface area (TPSA) is 72.2 Å². The van der Waals surface area contributed by atoms with Crippen LogP contribution in [0.1, 0.15) is 10.4 Å². The molecule has 0 aliphatic carbocycles. The predicted octanol–water partition coefficient (Wildman–Crippen LogP) is 5.03. The SMILES string of the molecule is O=C(Nc1ccc([N+](=O)[O-])cc1Br)c1cc(Br)ccc1Cl. The van der Waals surface area contributed by atoms with E-state index >= 15 is 0 Å². The Hall–Kier alpha value is -1.44. The fraction of sp³-hybridized carbons (Fsp3) is 0. The molecule has 0 heterocycles. The molecule has 2 aromatic carbocycles. The molecule has 0 aliphatic rings. The lowest BCUT2D eigenvalue weighted by Crippen LogP contribution is -2.13. The van der Waals surface area contributed by atoms with E-state index in [1.165, 1.54) is 18.2 Å². The monoisotopic (exact) mass is 432 g/mol. The molecule has 0 aliphatic heterocycles. The van der Waals surface area contributed by atoms with Crippen LogP contribution in [0.15, 0.2) is 45.3 Å². The first-order chi connectivity index (χ1) is 9.88.